The number of benzene rings is 3. The van der Waals surface area contributed by atoms with Crippen molar-refractivity contribution in [2.45, 2.75) is 13.1 Å². The maximum absolute atomic E-state index is 12.3. The van der Waals surface area contributed by atoms with Crippen LogP contribution in [0.4, 0.5) is 5.69 Å². The molecule has 0 aliphatic rings. The predicted octanol–water partition coefficient (Wildman–Crippen LogP) is 4.66. The van der Waals surface area contributed by atoms with Gasteiger partial charge in [0.1, 0.15) is 0 Å². The van der Waals surface area contributed by atoms with Crippen LogP contribution in [0, 0.1) is 0 Å². The Morgan fingerprint density at radius 3 is 1.84 bits per heavy atom. The van der Waals surface area contributed by atoms with E-state index in [4.69, 9.17) is 21.7 Å². The Balaban J connectivity index is 1.91. The van der Waals surface area contributed by atoms with E-state index in [0.29, 0.717) is 29.5 Å². The summed E-state index contributed by atoms with van der Waals surface area (Å²) in [7, 11) is 2.60. The number of methoxy groups -OCH3 is 2. The summed E-state index contributed by atoms with van der Waals surface area (Å²) >= 11 is 5.72. The van der Waals surface area contributed by atoms with Crippen molar-refractivity contribution in [3.63, 3.8) is 0 Å². The molecule has 0 radical (unpaired) electrons. The number of ether oxygens (including phenoxy) is 2. The molecule has 32 heavy (non-hydrogen) atoms. The van der Waals surface area contributed by atoms with E-state index in [1.54, 1.807) is 0 Å². The zero-order valence-corrected chi connectivity index (χ0v) is 18.7. The molecule has 7 heteroatoms. The van der Waals surface area contributed by atoms with Gasteiger partial charge < -0.3 is 19.7 Å². The van der Waals surface area contributed by atoms with Gasteiger partial charge in [-0.2, -0.15) is 0 Å². The second kappa shape index (κ2) is 11.1. The molecule has 0 aliphatic carbocycles. The Hall–Kier alpha value is -3.71. The highest BCUT2D eigenvalue weighted by Crippen LogP contribution is 2.21. The molecule has 1 N–H and O–H groups in total. The lowest BCUT2D eigenvalue weighted by atomic mass is 10.1. The average Bonchev–Trinajstić information content (AvgIpc) is 2.83. The van der Waals surface area contributed by atoms with Crippen molar-refractivity contribution in [2.24, 2.45) is 0 Å². The second-order valence-corrected chi connectivity index (χ2v) is 7.39. The lowest BCUT2D eigenvalue weighted by Crippen LogP contribution is -2.34. The van der Waals surface area contributed by atoms with Crippen LogP contribution in [0.1, 0.15) is 31.8 Å². The molecule has 0 atom stereocenters. The van der Waals surface area contributed by atoms with Gasteiger partial charge in [-0.25, -0.2) is 9.59 Å². The van der Waals surface area contributed by atoms with E-state index in [1.165, 1.54) is 32.4 Å². The molecular weight excluding hydrogens is 424 g/mol. The summed E-state index contributed by atoms with van der Waals surface area (Å²) in [5, 5.41) is 3.54. The molecule has 0 amide bonds. The number of nitrogens with one attached hydrogen (secondary N) is 1. The molecule has 0 unspecified atom stereocenters. The summed E-state index contributed by atoms with van der Waals surface area (Å²) in [6, 6.07) is 24.5. The van der Waals surface area contributed by atoms with Crippen molar-refractivity contribution in [3.8, 4) is 0 Å². The Kier molecular flexibility index (Phi) is 7.94. The van der Waals surface area contributed by atoms with E-state index in [9.17, 15) is 9.59 Å². The smallest absolute Gasteiger partial charge is 0.339 e. The van der Waals surface area contributed by atoms with Crippen LogP contribution in [0.5, 0.6) is 0 Å². The van der Waals surface area contributed by atoms with Gasteiger partial charge in [-0.15, -0.1) is 0 Å². The summed E-state index contributed by atoms with van der Waals surface area (Å²) in [6.45, 7) is 1.12. The second-order valence-electron chi connectivity index (χ2n) is 7.00. The zero-order chi connectivity index (χ0) is 22.9. The molecule has 0 aliphatic heterocycles. The number of esters is 2. The fraction of sp³-hybridized carbons (Fsp3) is 0.160. The van der Waals surface area contributed by atoms with E-state index in [0.717, 1.165) is 11.1 Å². The molecular formula is C25H24N2O4S. The Labute approximate surface area is 192 Å². The SMILES string of the molecule is COC(=O)c1ccc(C(=O)OC)c(NC(=S)N(Cc2ccccc2)Cc2ccccc2)c1. The van der Waals surface area contributed by atoms with Crippen LogP contribution < -0.4 is 5.32 Å². The predicted molar refractivity (Wildman–Crippen MR) is 127 cm³/mol. The van der Waals surface area contributed by atoms with E-state index in [-0.39, 0.29) is 5.56 Å². The molecule has 164 valence electrons. The van der Waals surface area contributed by atoms with Crippen molar-refractivity contribution in [1.82, 2.24) is 4.90 Å². The minimum Gasteiger partial charge on any atom is -0.465 e. The first-order chi connectivity index (χ1) is 15.5. The zero-order valence-electron chi connectivity index (χ0n) is 17.9. The highest BCUT2D eigenvalue weighted by atomic mass is 32.1. The van der Waals surface area contributed by atoms with Crippen LogP contribution in [0.25, 0.3) is 0 Å². The summed E-state index contributed by atoms with van der Waals surface area (Å²) in [5.74, 6) is -1.05. The maximum Gasteiger partial charge on any atom is 0.339 e. The largest absolute Gasteiger partial charge is 0.465 e. The van der Waals surface area contributed by atoms with Gasteiger partial charge in [-0.05, 0) is 41.5 Å². The molecule has 0 fully saturated rings. The van der Waals surface area contributed by atoms with E-state index in [2.05, 4.69) is 5.32 Å². The van der Waals surface area contributed by atoms with Crippen LogP contribution >= 0.6 is 12.2 Å². The normalized spacial score (nSPS) is 10.2. The first-order valence-electron chi connectivity index (χ1n) is 9.96. The molecule has 3 aromatic rings. The van der Waals surface area contributed by atoms with E-state index in [1.807, 2.05) is 65.6 Å². The maximum atomic E-state index is 12.3. The molecule has 0 bridgehead atoms. The fourth-order valence-electron chi connectivity index (χ4n) is 3.18. The molecule has 3 rings (SSSR count). The van der Waals surface area contributed by atoms with Gasteiger partial charge in [-0.3, -0.25) is 0 Å². The van der Waals surface area contributed by atoms with Gasteiger partial charge >= 0.3 is 11.9 Å². The Morgan fingerprint density at radius 2 is 1.34 bits per heavy atom. The third-order valence-electron chi connectivity index (χ3n) is 4.81. The van der Waals surface area contributed by atoms with Gasteiger partial charge in [0, 0.05) is 13.1 Å². The average molecular weight is 449 g/mol. The highest BCUT2D eigenvalue weighted by Gasteiger charge is 2.19. The van der Waals surface area contributed by atoms with Gasteiger partial charge in [0.15, 0.2) is 5.11 Å². The number of carbonyl (C=O) groups excluding carboxylic acids is 2. The number of anilines is 1. The Bertz CT molecular complexity index is 1050. The number of nitrogens with zero attached hydrogens (tertiary/aromatic N) is 1. The van der Waals surface area contributed by atoms with Gasteiger partial charge in [-0.1, -0.05) is 60.7 Å². The lowest BCUT2D eigenvalue weighted by molar-refractivity contribution is 0.0587. The van der Waals surface area contributed by atoms with Crippen molar-refractivity contribution in [1.29, 1.82) is 0 Å². The van der Waals surface area contributed by atoms with Gasteiger partial charge in [0.25, 0.3) is 0 Å². The number of rotatable bonds is 7. The van der Waals surface area contributed by atoms with E-state index >= 15 is 0 Å². The van der Waals surface area contributed by atoms with Crippen molar-refractivity contribution in [3.05, 3.63) is 101 Å². The monoisotopic (exact) mass is 448 g/mol. The topological polar surface area (TPSA) is 67.9 Å². The van der Waals surface area contributed by atoms with Crippen LogP contribution in [-0.2, 0) is 22.6 Å². The van der Waals surface area contributed by atoms with Crippen molar-refractivity contribution >= 4 is 35.0 Å². The fourth-order valence-corrected chi connectivity index (χ4v) is 3.42. The molecule has 0 aromatic heterocycles. The number of hydrogen-bond donors (Lipinski definition) is 1. The Morgan fingerprint density at radius 1 is 0.812 bits per heavy atom. The quantitative estimate of drug-likeness (QED) is 0.416. The summed E-state index contributed by atoms with van der Waals surface area (Å²) in [4.78, 5) is 26.3. The number of hydrogen-bond acceptors (Lipinski definition) is 5. The van der Waals surface area contributed by atoms with Crippen LogP contribution in [-0.4, -0.2) is 36.2 Å². The standard InChI is InChI=1S/C25H24N2O4S/c1-30-23(28)20-13-14-21(24(29)31-2)22(15-20)26-25(32)27(16-18-9-5-3-6-10-18)17-19-11-7-4-8-12-19/h3-15H,16-17H2,1-2H3,(H,26,32). The van der Waals surface area contributed by atoms with Crippen LogP contribution in [0.2, 0.25) is 0 Å². The molecule has 3 aromatic carbocycles. The first-order valence-corrected chi connectivity index (χ1v) is 10.4. The first kappa shape index (κ1) is 23.0. The molecule has 0 heterocycles. The molecule has 0 saturated carbocycles. The minimum atomic E-state index is -0.538. The minimum absolute atomic E-state index is 0.266. The van der Waals surface area contributed by atoms with Gasteiger partial charge in [0.05, 0.1) is 31.0 Å². The third kappa shape index (κ3) is 5.92. The number of carbonyl (C=O) groups is 2. The number of thiocarbonyl (C=S) groups is 1. The third-order valence-corrected chi connectivity index (χ3v) is 5.17. The molecule has 6 nitrogen and oxygen atoms in total. The van der Waals surface area contributed by atoms with Crippen LogP contribution in [0.3, 0.4) is 0 Å². The van der Waals surface area contributed by atoms with Crippen molar-refractivity contribution in [2.75, 3.05) is 19.5 Å². The summed E-state index contributed by atoms with van der Waals surface area (Å²) < 4.78 is 9.69. The molecule has 0 saturated heterocycles. The summed E-state index contributed by atoms with van der Waals surface area (Å²) in [6.07, 6.45) is 0. The summed E-state index contributed by atoms with van der Waals surface area (Å²) in [5.41, 5.74) is 3.11. The van der Waals surface area contributed by atoms with E-state index < -0.39 is 11.9 Å². The molecule has 0 spiro atoms. The highest BCUT2D eigenvalue weighted by molar-refractivity contribution is 7.80. The van der Waals surface area contributed by atoms with Gasteiger partial charge in [0.2, 0.25) is 0 Å². The lowest BCUT2D eigenvalue weighted by Gasteiger charge is -2.27. The van der Waals surface area contributed by atoms with Crippen LogP contribution in [0.15, 0.2) is 78.9 Å². The van der Waals surface area contributed by atoms with Crippen molar-refractivity contribution < 1.29 is 19.1 Å².